The summed E-state index contributed by atoms with van der Waals surface area (Å²) in [4.78, 5) is 15.8. The maximum Gasteiger partial charge on any atom is 0.255 e. The molecule has 1 amide bonds. The first-order valence-electron chi connectivity index (χ1n) is 5.44. The lowest BCUT2D eigenvalue weighted by Gasteiger charge is -2.14. The highest BCUT2D eigenvalue weighted by molar-refractivity contribution is 5.99. The van der Waals surface area contributed by atoms with Crippen molar-refractivity contribution in [3.63, 3.8) is 0 Å². The second-order valence-corrected chi connectivity index (χ2v) is 4.17. The first-order valence-corrected chi connectivity index (χ1v) is 5.44. The number of aromatic nitrogens is 1. The Kier molecular flexibility index (Phi) is 3.05. The Labute approximate surface area is 94.4 Å². The second-order valence-electron chi connectivity index (χ2n) is 4.17. The molecule has 4 N–H and O–H groups in total. The van der Waals surface area contributed by atoms with Crippen molar-refractivity contribution in [3.8, 4) is 0 Å². The van der Waals surface area contributed by atoms with Crippen LogP contribution in [-0.4, -0.2) is 16.9 Å². The van der Waals surface area contributed by atoms with Crippen LogP contribution in [0.4, 0.5) is 5.69 Å². The molecular formula is C11H16N4O. The quantitative estimate of drug-likeness (QED) is 0.520. The third kappa shape index (κ3) is 2.30. The molecule has 0 aliphatic heterocycles. The number of hydrogen-bond acceptors (Lipinski definition) is 4. The highest BCUT2D eigenvalue weighted by Gasteiger charge is 2.29. The van der Waals surface area contributed by atoms with Gasteiger partial charge in [0.05, 0.1) is 11.3 Å². The van der Waals surface area contributed by atoms with Gasteiger partial charge in [0, 0.05) is 18.4 Å². The number of hydrazine groups is 1. The monoisotopic (exact) mass is 220 g/mol. The van der Waals surface area contributed by atoms with Crippen LogP contribution in [0.2, 0.25) is 0 Å². The molecule has 0 radical (unpaired) electrons. The molecule has 5 nitrogen and oxygen atoms in total. The second kappa shape index (κ2) is 4.49. The van der Waals surface area contributed by atoms with E-state index >= 15 is 0 Å². The number of anilines is 1. The molecule has 1 aliphatic carbocycles. The molecule has 0 saturated heterocycles. The predicted molar refractivity (Wildman–Crippen MR) is 61.7 cm³/mol. The van der Waals surface area contributed by atoms with Gasteiger partial charge in [0.25, 0.3) is 5.91 Å². The number of nitrogen functional groups attached to an aromatic ring is 1. The summed E-state index contributed by atoms with van der Waals surface area (Å²) >= 11 is 0. The molecule has 0 aromatic carbocycles. The lowest BCUT2D eigenvalue weighted by Crippen LogP contribution is -2.34. The van der Waals surface area contributed by atoms with Crippen molar-refractivity contribution in [2.75, 3.05) is 5.43 Å². The summed E-state index contributed by atoms with van der Waals surface area (Å²) in [6, 6.07) is 1.90. The van der Waals surface area contributed by atoms with E-state index in [-0.39, 0.29) is 11.9 Å². The minimum atomic E-state index is -0.125. The van der Waals surface area contributed by atoms with E-state index in [1.165, 1.54) is 19.0 Å². The third-order valence-electron chi connectivity index (χ3n) is 2.91. The van der Waals surface area contributed by atoms with E-state index in [0.29, 0.717) is 17.2 Å². The van der Waals surface area contributed by atoms with Gasteiger partial charge < -0.3 is 10.7 Å². The Balaban J connectivity index is 2.07. The minimum absolute atomic E-state index is 0.125. The first kappa shape index (κ1) is 10.9. The van der Waals surface area contributed by atoms with Gasteiger partial charge >= 0.3 is 0 Å². The van der Waals surface area contributed by atoms with Crippen LogP contribution in [0.25, 0.3) is 0 Å². The standard InChI is InChI=1S/C11H16N4O/c1-7(8-2-3-8)14-11(16)9-6-13-5-4-10(9)15-12/h4-8H,2-3,12H2,1H3,(H,13,15)(H,14,16). The van der Waals surface area contributed by atoms with Crippen molar-refractivity contribution in [3.05, 3.63) is 24.0 Å². The summed E-state index contributed by atoms with van der Waals surface area (Å²) in [7, 11) is 0. The lowest BCUT2D eigenvalue weighted by atomic mass is 10.1. The van der Waals surface area contributed by atoms with E-state index in [4.69, 9.17) is 5.84 Å². The van der Waals surface area contributed by atoms with Crippen molar-refractivity contribution in [2.45, 2.75) is 25.8 Å². The van der Waals surface area contributed by atoms with Crippen LogP contribution >= 0.6 is 0 Å². The van der Waals surface area contributed by atoms with Gasteiger partial charge in [-0.15, -0.1) is 0 Å². The molecule has 2 rings (SSSR count). The molecule has 1 aliphatic rings. The van der Waals surface area contributed by atoms with E-state index in [9.17, 15) is 4.79 Å². The molecule has 5 heteroatoms. The third-order valence-corrected chi connectivity index (χ3v) is 2.91. The van der Waals surface area contributed by atoms with E-state index in [1.54, 1.807) is 12.3 Å². The number of pyridine rings is 1. The number of hydrogen-bond donors (Lipinski definition) is 3. The van der Waals surface area contributed by atoms with Gasteiger partial charge in [-0.2, -0.15) is 0 Å². The predicted octanol–water partition coefficient (Wildman–Crippen LogP) is 0.895. The number of nitrogens with two attached hydrogens (primary N) is 1. The zero-order chi connectivity index (χ0) is 11.5. The van der Waals surface area contributed by atoms with Gasteiger partial charge in [-0.25, -0.2) is 0 Å². The topological polar surface area (TPSA) is 80.0 Å². The van der Waals surface area contributed by atoms with Crippen molar-refractivity contribution < 1.29 is 4.79 Å². The van der Waals surface area contributed by atoms with Crippen molar-refractivity contribution in [1.29, 1.82) is 0 Å². The Bertz CT molecular complexity index is 389. The molecule has 1 saturated carbocycles. The molecule has 1 atom stereocenters. The fourth-order valence-corrected chi connectivity index (χ4v) is 1.70. The summed E-state index contributed by atoms with van der Waals surface area (Å²) in [5.74, 6) is 5.84. The summed E-state index contributed by atoms with van der Waals surface area (Å²) in [6.07, 6.45) is 5.52. The molecule has 1 aromatic rings. The molecule has 0 bridgehead atoms. The molecule has 16 heavy (non-hydrogen) atoms. The molecule has 1 unspecified atom stereocenters. The van der Waals surface area contributed by atoms with Crippen molar-refractivity contribution >= 4 is 11.6 Å². The van der Waals surface area contributed by atoms with Crippen LogP contribution in [0.15, 0.2) is 18.5 Å². The average Bonchev–Trinajstić information content (AvgIpc) is 3.12. The normalized spacial score (nSPS) is 16.6. The van der Waals surface area contributed by atoms with Gasteiger partial charge in [-0.3, -0.25) is 15.6 Å². The van der Waals surface area contributed by atoms with Gasteiger partial charge in [0.1, 0.15) is 0 Å². The van der Waals surface area contributed by atoms with Gasteiger partial charge in [0.2, 0.25) is 0 Å². The Morgan fingerprint density at radius 1 is 1.62 bits per heavy atom. The van der Waals surface area contributed by atoms with Crippen molar-refractivity contribution in [2.24, 2.45) is 11.8 Å². The van der Waals surface area contributed by atoms with Crippen LogP contribution in [0.1, 0.15) is 30.1 Å². The Morgan fingerprint density at radius 3 is 3.00 bits per heavy atom. The molecule has 0 spiro atoms. The molecule has 1 aromatic heterocycles. The maximum absolute atomic E-state index is 11.9. The van der Waals surface area contributed by atoms with E-state index in [1.807, 2.05) is 6.92 Å². The van der Waals surface area contributed by atoms with Crippen LogP contribution in [-0.2, 0) is 0 Å². The summed E-state index contributed by atoms with van der Waals surface area (Å²) in [6.45, 7) is 2.03. The van der Waals surface area contributed by atoms with Crippen LogP contribution in [0.5, 0.6) is 0 Å². The number of amides is 1. The smallest absolute Gasteiger partial charge is 0.255 e. The zero-order valence-corrected chi connectivity index (χ0v) is 9.23. The molecule has 1 heterocycles. The van der Waals surface area contributed by atoms with E-state index in [2.05, 4.69) is 15.7 Å². The van der Waals surface area contributed by atoms with Gasteiger partial charge in [0.15, 0.2) is 0 Å². The molecular weight excluding hydrogens is 204 g/mol. The number of carbonyl (C=O) groups excluding carboxylic acids is 1. The average molecular weight is 220 g/mol. The SMILES string of the molecule is CC(NC(=O)c1cnccc1NN)C1CC1. The fourth-order valence-electron chi connectivity index (χ4n) is 1.70. The Morgan fingerprint density at radius 2 is 2.38 bits per heavy atom. The van der Waals surface area contributed by atoms with Crippen LogP contribution in [0.3, 0.4) is 0 Å². The lowest BCUT2D eigenvalue weighted by molar-refractivity contribution is 0.0936. The number of nitrogens with one attached hydrogen (secondary N) is 2. The highest BCUT2D eigenvalue weighted by atomic mass is 16.1. The maximum atomic E-state index is 11.9. The van der Waals surface area contributed by atoms with Crippen LogP contribution < -0.4 is 16.6 Å². The van der Waals surface area contributed by atoms with E-state index in [0.717, 1.165) is 0 Å². The minimum Gasteiger partial charge on any atom is -0.349 e. The molecule has 86 valence electrons. The summed E-state index contributed by atoms with van der Waals surface area (Å²) in [5, 5.41) is 2.96. The summed E-state index contributed by atoms with van der Waals surface area (Å²) < 4.78 is 0. The van der Waals surface area contributed by atoms with E-state index < -0.39 is 0 Å². The highest BCUT2D eigenvalue weighted by Crippen LogP contribution is 2.32. The summed E-state index contributed by atoms with van der Waals surface area (Å²) in [5.41, 5.74) is 3.57. The number of rotatable bonds is 4. The van der Waals surface area contributed by atoms with Gasteiger partial charge in [-0.05, 0) is 31.7 Å². The van der Waals surface area contributed by atoms with Crippen LogP contribution in [0, 0.1) is 5.92 Å². The zero-order valence-electron chi connectivity index (χ0n) is 9.23. The van der Waals surface area contributed by atoms with Crippen molar-refractivity contribution in [1.82, 2.24) is 10.3 Å². The Hall–Kier alpha value is -1.62. The molecule has 1 fully saturated rings. The number of carbonyl (C=O) groups is 1. The number of nitrogens with zero attached hydrogens (tertiary/aromatic N) is 1. The fraction of sp³-hybridized carbons (Fsp3) is 0.455. The largest absolute Gasteiger partial charge is 0.349 e. The first-order chi connectivity index (χ1) is 7.72. The van der Waals surface area contributed by atoms with Gasteiger partial charge in [-0.1, -0.05) is 0 Å².